The molecule has 2 aromatic carbocycles. The molecule has 0 unspecified atom stereocenters. The van der Waals surface area contributed by atoms with Gasteiger partial charge in [0, 0.05) is 24.2 Å². The van der Waals surface area contributed by atoms with Gasteiger partial charge in [-0.25, -0.2) is 4.98 Å². The molecule has 0 radical (unpaired) electrons. The van der Waals surface area contributed by atoms with Crippen LogP contribution in [0.15, 0.2) is 47.4 Å². The molecular weight excluding hydrogens is 338 g/mol. The van der Waals surface area contributed by atoms with E-state index in [1.807, 2.05) is 43.6 Å². The van der Waals surface area contributed by atoms with E-state index in [9.17, 15) is 4.79 Å². The Morgan fingerprint density at radius 2 is 1.89 bits per heavy atom. The molecule has 1 saturated heterocycles. The quantitative estimate of drug-likeness (QED) is 0.577. The van der Waals surface area contributed by atoms with Crippen LogP contribution in [0.4, 0.5) is 0 Å². The number of aryl methyl sites for hydroxylation is 1. The van der Waals surface area contributed by atoms with Crippen LogP contribution in [0.3, 0.4) is 0 Å². The zero-order valence-corrected chi connectivity index (χ0v) is 15.2. The second-order valence-corrected chi connectivity index (χ2v) is 7.29. The molecule has 0 spiro atoms. The van der Waals surface area contributed by atoms with Gasteiger partial charge in [0.15, 0.2) is 0 Å². The maximum atomic E-state index is 12.8. The number of hydrogen-bond acceptors (Lipinski definition) is 4. The van der Waals surface area contributed by atoms with E-state index < -0.39 is 0 Å². The van der Waals surface area contributed by atoms with E-state index >= 15 is 0 Å². The second-order valence-electron chi connectivity index (χ2n) is 7.29. The van der Waals surface area contributed by atoms with E-state index in [2.05, 4.69) is 21.5 Å². The highest BCUT2D eigenvalue weighted by Gasteiger charge is 2.16. The molecule has 0 aliphatic carbocycles. The highest BCUT2D eigenvalue weighted by Crippen LogP contribution is 2.27. The predicted molar refractivity (Wildman–Crippen MR) is 107 cm³/mol. The molecular formula is C21H21N5O. The summed E-state index contributed by atoms with van der Waals surface area (Å²) in [4.78, 5) is 20.4. The molecule has 0 bridgehead atoms. The fraction of sp³-hybridized carbons (Fsp3) is 0.286. The number of rotatable bonds is 2. The fourth-order valence-electron chi connectivity index (χ4n) is 4.00. The van der Waals surface area contributed by atoms with E-state index in [4.69, 9.17) is 4.98 Å². The minimum absolute atomic E-state index is 0.0860. The molecule has 1 aliphatic heterocycles. The van der Waals surface area contributed by atoms with Gasteiger partial charge in [-0.2, -0.15) is 5.10 Å². The van der Waals surface area contributed by atoms with Crippen LogP contribution >= 0.6 is 0 Å². The first-order valence-corrected chi connectivity index (χ1v) is 9.36. The summed E-state index contributed by atoms with van der Waals surface area (Å²) < 4.78 is 1.79. The number of aromatic amines is 1. The third-order valence-electron chi connectivity index (χ3n) is 5.43. The molecule has 27 heavy (non-hydrogen) atoms. The van der Waals surface area contributed by atoms with E-state index in [0.29, 0.717) is 17.1 Å². The van der Waals surface area contributed by atoms with Crippen LogP contribution in [0, 0.1) is 0 Å². The van der Waals surface area contributed by atoms with Crippen molar-refractivity contribution in [3.63, 3.8) is 0 Å². The van der Waals surface area contributed by atoms with Gasteiger partial charge in [0.1, 0.15) is 5.82 Å². The van der Waals surface area contributed by atoms with Crippen LogP contribution in [0.1, 0.15) is 24.3 Å². The minimum Gasteiger partial charge on any atom is -0.317 e. The molecule has 6 nitrogen and oxygen atoms in total. The average molecular weight is 359 g/mol. The third-order valence-corrected chi connectivity index (χ3v) is 5.43. The number of hydrogen-bond donors (Lipinski definition) is 2. The Morgan fingerprint density at radius 1 is 1.07 bits per heavy atom. The first kappa shape index (κ1) is 16.2. The normalized spacial score (nSPS) is 15.6. The molecule has 3 heterocycles. The summed E-state index contributed by atoms with van der Waals surface area (Å²) in [7, 11) is 1.90. The zero-order valence-electron chi connectivity index (χ0n) is 15.2. The van der Waals surface area contributed by atoms with Crippen molar-refractivity contribution in [2.45, 2.75) is 18.8 Å². The molecule has 1 fully saturated rings. The van der Waals surface area contributed by atoms with Gasteiger partial charge in [-0.15, -0.1) is 0 Å². The highest BCUT2D eigenvalue weighted by atomic mass is 16.1. The molecule has 6 heteroatoms. The first-order chi connectivity index (χ1) is 13.2. The highest BCUT2D eigenvalue weighted by molar-refractivity contribution is 5.85. The van der Waals surface area contributed by atoms with E-state index in [0.717, 1.165) is 47.9 Å². The third kappa shape index (κ3) is 2.92. The molecule has 0 amide bonds. The van der Waals surface area contributed by atoms with Gasteiger partial charge >= 0.3 is 0 Å². The Morgan fingerprint density at radius 3 is 2.74 bits per heavy atom. The van der Waals surface area contributed by atoms with Gasteiger partial charge in [-0.3, -0.25) is 9.48 Å². The van der Waals surface area contributed by atoms with Crippen molar-refractivity contribution in [2.24, 2.45) is 7.05 Å². The molecule has 4 aromatic rings. The van der Waals surface area contributed by atoms with Crippen LogP contribution in [0.5, 0.6) is 0 Å². The van der Waals surface area contributed by atoms with Gasteiger partial charge in [-0.05, 0) is 67.7 Å². The zero-order chi connectivity index (χ0) is 18.4. The smallest absolute Gasteiger partial charge is 0.259 e. The summed E-state index contributed by atoms with van der Waals surface area (Å²) in [6.07, 6.45) is 4.18. The summed E-state index contributed by atoms with van der Waals surface area (Å²) >= 11 is 0. The van der Waals surface area contributed by atoms with E-state index in [-0.39, 0.29) is 5.56 Å². The van der Waals surface area contributed by atoms with Crippen molar-refractivity contribution in [2.75, 3.05) is 13.1 Å². The van der Waals surface area contributed by atoms with Gasteiger partial charge in [-0.1, -0.05) is 6.07 Å². The van der Waals surface area contributed by atoms with Crippen LogP contribution in [-0.2, 0) is 7.05 Å². The summed E-state index contributed by atoms with van der Waals surface area (Å²) in [6.45, 7) is 2.07. The molecule has 0 saturated carbocycles. The Kier molecular flexibility index (Phi) is 3.79. The Bertz CT molecular complexity index is 1200. The SMILES string of the molecule is Cn1cc2cc(-c3nc4ccc(C5CCNCC5)cc4c(=O)[nH]3)ccc2n1. The van der Waals surface area contributed by atoms with Crippen molar-refractivity contribution in [3.05, 3.63) is 58.5 Å². The number of piperidine rings is 1. The van der Waals surface area contributed by atoms with Gasteiger partial charge < -0.3 is 10.3 Å². The maximum Gasteiger partial charge on any atom is 0.259 e. The minimum atomic E-state index is -0.0860. The van der Waals surface area contributed by atoms with Crippen molar-refractivity contribution in [1.82, 2.24) is 25.1 Å². The van der Waals surface area contributed by atoms with E-state index in [1.165, 1.54) is 5.56 Å². The second kappa shape index (κ2) is 6.32. The average Bonchev–Trinajstić information content (AvgIpc) is 3.07. The number of nitrogens with one attached hydrogen (secondary N) is 2. The molecule has 1 aliphatic rings. The van der Waals surface area contributed by atoms with Crippen LogP contribution in [0.2, 0.25) is 0 Å². The monoisotopic (exact) mass is 359 g/mol. The van der Waals surface area contributed by atoms with Crippen molar-refractivity contribution in [1.29, 1.82) is 0 Å². The Hall–Kier alpha value is -2.99. The number of H-pyrrole nitrogens is 1. The Labute approximate surface area is 156 Å². The lowest BCUT2D eigenvalue weighted by Crippen LogP contribution is -2.26. The molecule has 5 rings (SSSR count). The van der Waals surface area contributed by atoms with Crippen LogP contribution in [0.25, 0.3) is 33.2 Å². The predicted octanol–water partition coefficient (Wildman–Crippen LogP) is 2.94. The number of nitrogens with zero attached hydrogens (tertiary/aromatic N) is 3. The Balaban J connectivity index is 1.58. The topological polar surface area (TPSA) is 75.6 Å². The lowest BCUT2D eigenvalue weighted by Gasteiger charge is -2.23. The largest absolute Gasteiger partial charge is 0.317 e. The summed E-state index contributed by atoms with van der Waals surface area (Å²) in [6, 6.07) is 12.0. The first-order valence-electron chi connectivity index (χ1n) is 9.36. The number of aromatic nitrogens is 4. The number of benzene rings is 2. The van der Waals surface area contributed by atoms with Crippen molar-refractivity contribution < 1.29 is 0 Å². The molecule has 2 aromatic heterocycles. The van der Waals surface area contributed by atoms with E-state index in [1.54, 1.807) is 4.68 Å². The van der Waals surface area contributed by atoms with Gasteiger partial charge in [0.25, 0.3) is 5.56 Å². The summed E-state index contributed by atoms with van der Waals surface area (Å²) in [5.41, 5.74) is 3.70. The fourth-order valence-corrected chi connectivity index (χ4v) is 4.00. The van der Waals surface area contributed by atoms with Crippen molar-refractivity contribution in [3.8, 4) is 11.4 Å². The van der Waals surface area contributed by atoms with Gasteiger partial charge in [0.05, 0.1) is 16.4 Å². The molecule has 136 valence electrons. The summed E-state index contributed by atoms with van der Waals surface area (Å²) in [5, 5.41) is 9.47. The number of fused-ring (bicyclic) bond motifs is 2. The lowest BCUT2D eigenvalue weighted by molar-refractivity contribution is 0.460. The van der Waals surface area contributed by atoms with Crippen LogP contribution < -0.4 is 10.9 Å². The molecule has 2 N–H and O–H groups in total. The standard InChI is InChI=1S/C21H21N5O/c1-26-12-16-10-15(3-4-18(16)25-26)20-23-19-5-2-14(11-17(19)21(27)24-20)13-6-8-22-9-7-13/h2-5,10-13,22H,6-9H2,1H3,(H,23,24,27). The van der Waals surface area contributed by atoms with Gasteiger partial charge in [0.2, 0.25) is 0 Å². The van der Waals surface area contributed by atoms with Crippen LogP contribution in [-0.4, -0.2) is 32.8 Å². The lowest BCUT2D eigenvalue weighted by atomic mass is 9.89. The molecule has 0 atom stereocenters. The maximum absolute atomic E-state index is 12.8. The summed E-state index contributed by atoms with van der Waals surface area (Å²) in [5.74, 6) is 1.11. The van der Waals surface area contributed by atoms with Crippen molar-refractivity contribution >= 4 is 21.8 Å².